The van der Waals surface area contributed by atoms with Crippen molar-refractivity contribution >= 4 is 5.95 Å². The summed E-state index contributed by atoms with van der Waals surface area (Å²) in [6, 6.07) is 0.507. The van der Waals surface area contributed by atoms with Crippen LogP contribution in [0.3, 0.4) is 0 Å². The Morgan fingerprint density at radius 3 is 2.75 bits per heavy atom. The van der Waals surface area contributed by atoms with Crippen LogP contribution >= 0.6 is 0 Å². The Bertz CT molecular complexity index is 304. The lowest BCUT2D eigenvalue weighted by atomic mass is 10.2. The molecule has 0 aliphatic carbocycles. The highest BCUT2D eigenvalue weighted by Crippen LogP contribution is 2.12. The third-order valence-electron chi connectivity index (χ3n) is 2.75. The third-order valence-corrected chi connectivity index (χ3v) is 2.75. The number of imidazole rings is 1. The second-order valence-corrected chi connectivity index (χ2v) is 4.59. The molecule has 16 heavy (non-hydrogen) atoms. The fraction of sp³-hybridized carbons (Fsp3) is 0.769. The minimum Gasteiger partial charge on any atom is -0.353 e. The van der Waals surface area contributed by atoms with Crippen LogP contribution in [0.1, 0.15) is 52.1 Å². The van der Waals surface area contributed by atoms with Crippen LogP contribution in [0.5, 0.6) is 0 Å². The Morgan fingerprint density at radius 1 is 1.38 bits per heavy atom. The smallest absolute Gasteiger partial charge is 0.203 e. The molecule has 92 valence electrons. The molecular formula is C13H25N3. The van der Waals surface area contributed by atoms with Crippen LogP contribution in [0.15, 0.2) is 6.20 Å². The lowest BCUT2D eigenvalue weighted by Crippen LogP contribution is -2.18. The van der Waals surface area contributed by atoms with Crippen molar-refractivity contribution in [2.75, 3.05) is 5.32 Å². The van der Waals surface area contributed by atoms with Crippen molar-refractivity contribution in [1.29, 1.82) is 0 Å². The van der Waals surface area contributed by atoms with Gasteiger partial charge >= 0.3 is 0 Å². The molecule has 0 radical (unpaired) electrons. The first-order chi connectivity index (χ1) is 7.67. The quantitative estimate of drug-likeness (QED) is 0.765. The largest absolute Gasteiger partial charge is 0.353 e. The van der Waals surface area contributed by atoms with Gasteiger partial charge in [0.25, 0.3) is 0 Å². The van der Waals surface area contributed by atoms with E-state index in [4.69, 9.17) is 0 Å². The molecular weight excluding hydrogens is 198 g/mol. The van der Waals surface area contributed by atoms with Crippen molar-refractivity contribution in [3.8, 4) is 0 Å². The summed E-state index contributed by atoms with van der Waals surface area (Å²) in [5.74, 6) is 1.03. The number of nitrogens with zero attached hydrogens (tertiary/aromatic N) is 2. The maximum atomic E-state index is 4.54. The van der Waals surface area contributed by atoms with Gasteiger partial charge in [0.1, 0.15) is 0 Å². The summed E-state index contributed by atoms with van der Waals surface area (Å²) in [5.41, 5.74) is 1.10. The van der Waals surface area contributed by atoms with Crippen LogP contribution in [-0.2, 0) is 6.54 Å². The van der Waals surface area contributed by atoms with Crippen LogP contribution < -0.4 is 5.32 Å². The van der Waals surface area contributed by atoms with Crippen molar-refractivity contribution < 1.29 is 0 Å². The lowest BCUT2D eigenvalue weighted by molar-refractivity contribution is 0.619. The molecule has 0 spiro atoms. The molecule has 3 heteroatoms. The molecule has 1 N–H and O–H groups in total. The van der Waals surface area contributed by atoms with Gasteiger partial charge < -0.3 is 9.88 Å². The predicted molar refractivity (Wildman–Crippen MR) is 69.9 cm³/mol. The van der Waals surface area contributed by atoms with Crippen LogP contribution in [0.4, 0.5) is 5.95 Å². The summed E-state index contributed by atoms with van der Waals surface area (Å²) >= 11 is 0. The molecule has 1 atom stereocenters. The zero-order valence-corrected chi connectivity index (χ0v) is 11.1. The molecule has 1 unspecified atom stereocenters. The van der Waals surface area contributed by atoms with Gasteiger partial charge in [-0.2, -0.15) is 0 Å². The number of aryl methyl sites for hydroxylation is 2. The van der Waals surface area contributed by atoms with Gasteiger partial charge in [-0.05, 0) is 26.7 Å². The summed E-state index contributed by atoms with van der Waals surface area (Å²) in [7, 11) is 0. The molecule has 0 aliphatic rings. The van der Waals surface area contributed by atoms with Gasteiger partial charge in [0.05, 0.1) is 5.69 Å². The molecule has 3 nitrogen and oxygen atoms in total. The van der Waals surface area contributed by atoms with Crippen molar-refractivity contribution in [2.45, 2.75) is 66.0 Å². The number of anilines is 1. The molecule has 0 amide bonds. The number of hydrogen-bond donors (Lipinski definition) is 1. The van der Waals surface area contributed by atoms with Crippen molar-refractivity contribution in [1.82, 2.24) is 9.55 Å². The van der Waals surface area contributed by atoms with E-state index in [0.29, 0.717) is 6.04 Å². The van der Waals surface area contributed by atoms with Crippen molar-refractivity contribution in [3.05, 3.63) is 11.9 Å². The zero-order valence-electron chi connectivity index (χ0n) is 11.1. The highest BCUT2D eigenvalue weighted by atomic mass is 15.2. The molecule has 0 fully saturated rings. The highest BCUT2D eigenvalue weighted by molar-refractivity contribution is 5.29. The molecule has 1 aromatic rings. The molecule has 1 rings (SSSR count). The van der Waals surface area contributed by atoms with E-state index in [9.17, 15) is 0 Å². The van der Waals surface area contributed by atoms with Crippen molar-refractivity contribution in [2.24, 2.45) is 0 Å². The monoisotopic (exact) mass is 223 g/mol. The molecule has 1 aromatic heterocycles. The fourth-order valence-electron chi connectivity index (χ4n) is 1.89. The Balaban J connectivity index is 2.62. The van der Waals surface area contributed by atoms with Gasteiger partial charge in [-0.25, -0.2) is 4.98 Å². The number of aromatic nitrogens is 2. The minimum absolute atomic E-state index is 0.507. The van der Waals surface area contributed by atoms with Gasteiger partial charge in [-0.15, -0.1) is 0 Å². The number of rotatable bonds is 7. The van der Waals surface area contributed by atoms with Crippen molar-refractivity contribution in [3.63, 3.8) is 0 Å². The van der Waals surface area contributed by atoms with E-state index in [1.165, 1.54) is 25.7 Å². The molecule has 1 heterocycles. The third kappa shape index (κ3) is 3.87. The Labute approximate surface area is 99.3 Å². The van der Waals surface area contributed by atoms with E-state index in [2.05, 4.69) is 48.8 Å². The second kappa shape index (κ2) is 6.56. The van der Waals surface area contributed by atoms with Crippen LogP contribution in [0, 0.1) is 6.92 Å². The summed E-state index contributed by atoms with van der Waals surface area (Å²) < 4.78 is 2.24. The molecule has 0 aromatic carbocycles. The first-order valence-corrected chi connectivity index (χ1v) is 6.47. The van der Waals surface area contributed by atoms with Crippen LogP contribution in [0.25, 0.3) is 0 Å². The predicted octanol–water partition coefficient (Wildman–Crippen LogP) is 3.59. The summed E-state index contributed by atoms with van der Waals surface area (Å²) in [6.45, 7) is 9.78. The van der Waals surface area contributed by atoms with Gasteiger partial charge in [-0.3, -0.25) is 0 Å². The zero-order chi connectivity index (χ0) is 12.0. The first-order valence-electron chi connectivity index (χ1n) is 6.47. The van der Waals surface area contributed by atoms with Gasteiger partial charge in [0, 0.05) is 18.8 Å². The van der Waals surface area contributed by atoms with Crippen LogP contribution in [-0.4, -0.2) is 15.6 Å². The summed E-state index contributed by atoms with van der Waals surface area (Å²) in [4.78, 5) is 4.54. The molecule has 0 aliphatic heterocycles. The summed E-state index contributed by atoms with van der Waals surface area (Å²) in [6.07, 6.45) is 6.98. The normalized spacial score (nSPS) is 12.8. The number of nitrogens with one attached hydrogen (secondary N) is 1. The average Bonchev–Trinajstić information content (AvgIpc) is 2.56. The Kier molecular flexibility index (Phi) is 5.36. The van der Waals surface area contributed by atoms with Crippen LogP contribution in [0.2, 0.25) is 0 Å². The van der Waals surface area contributed by atoms with Gasteiger partial charge in [0.2, 0.25) is 5.95 Å². The SMILES string of the molecule is CCCCn1cc(C)nc1NC(C)CCC. The van der Waals surface area contributed by atoms with E-state index in [-0.39, 0.29) is 0 Å². The van der Waals surface area contributed by atoms with E-state index in [0.717, 1.165) is 18.2 Å². The standard InChI is InChI=1S/C13H25N3/c1-5-7-9-16-10-12(4)15-13(16)14-11(3)8-6-2/h10-11H,5-9H2,1-4H3,(H,14,15). The minimum atomic E-state index is 0.507. The Morgan fingerprint density at radius 2 is 2.12 bits per heavy atom. The second-order valence-electron chi connectivity index (χ2n) is 4.59. The maximum absolute atomic E-state index is 4.54. The summed E-state index contributed by atoms with van der Waals surface area (Å²) in [5, 5.41) is 3.49. The molecule has 0 saturated carbocycles. The number of unbranched alkanes of at least 4 members (excludes halogenated alkanes) is 1. The number of hydrogen-bond acceptors (Lipinski definition) is 2. The van der Waals surface area contributed by atoms with E-state index < -0.39 is 0 Å². The van der Waals surface area contributed by atoms with E-state index in [1.54, 1.807) is 0 Å². The van der Waals surface area contributed by atoms with E-state index in [1.807, 2.05) is 0 Å². The molecule has 0 saturated heterocycles. The topological polar surface area (TPSA) is 29.9 Å². The highest BCUT2D eigenvalue weighted by Gasteiger charge is 2.07. The average molecular weight is 223 g/mol. The first kappa shape index (κ1) is 13.1. The Hall–Kier alpha value is -0.990. The fourth-order valence-corrected chi connectivity index (χ4v) is 1.89. The maximum Gasteiger partial charge on any atom is 0.203 e. The van der Waals surface area contributed by atoms with E-state index >= 15 is 0 Å². The van der Waals surface area contributed by atoms with Gasteiger partial charge in [0.15, 0.2) is 0 Å². The van der Waals surface area contributed by atoms with Gasteiger partial charge in [-0.1, -0.05) is 26.7 Å². The molecule has 0 bridgehead atoms. The lowest BCUT2D eigenvalue weighted by Gasteiger charge is -2.14.